The van der Waals surface area contributed by atoms with Crippen LogP contribution in [0.25, 0.3) is 0 Å². The lowest BCUT2D eigenvalue weighted by Gasteiger charge is -2.24. The lowest BCUT2D eigenvalue weighted by atomic mass is 10.1. The zero-order chi connectivity index (χ0) is 13.7. The SMILES string of the molecule is NC(=S)N(CCc1ccccc1)c1ccccc1Cl. The van der Waals surface area contributed by atoms with Crippen LogP contribution in [-0.4, -0.2) is 11.7 Å². The molecule has 2 rings (SSSR count). The number of benzene rings is 2. The average Bonchev–Trinajstić information content (AvgIpc) is 2.42. The molecule has 0 aromatic heterocycles. The fourth-order valence-electron chi connectivity index (χ4n) is 1.91. The van der Waals surface area contributed by atoms with Crippen molar-refractivity contribution in [2.24, 2.45) is 5.73 Å². The first-order valence-corrected chi connectivity index (χ1v) is 6.82. The molecule has 0 saturated heterocycles. The normalized spacial score (nSPS) is 10.2. The van der Waals surface area contributed by atoms with Crippen LogP contribution in [0.5, 0.6) is 0 Å². The van der Waals surface area contributed by atoms with Crippen molar-refractivity contribution in [2.45, 2.75) is 6.42 Å². The minimum atomic E-state index is 0.337. The first kappa shape index (κ1) is 13.8. The molecule has 0 saturated carbocycles. The molecule has 0 amide bonds. The molecule has 4 heteroatoms. The Labute approximate surface area is 123 Å². The Hall–Kier alpha value is -1.58. The molecule has 0 atom stereocenters. The van der Waals surface area contributed by atoms with Gasteiger partial charge in [0.2, 0.25) is 0 Å². The van der Waals surface area contributed by atoms with E-state index in [1.54, 1.807) is 0 Å². The van der Waals surface area contributed by atoms with E-state index in [1.807, 2.05) is 47.4 Å². The molecule has 0 aliphatic heterocycles. The second kappa shape index (κ2) is 6.55. The van der Waals surface area contributed by atoms with Crippen molar-refractivity contribution in [3.63, 3.8) is 0 Å². The summed E-state index contributed by atoms with van der Waals surface area (Å²) in [7, 11) is 0. The predicted molar refractivity (Wildman–Crippen MR) is 85.7 cm³/mol. The van der Waals surface area contributed by atoms with E-state index in [0.717, 1.165) is 12.1 Å². The van der Waals surface area contributed by atoms with Gasteiger partial charge < -0.3 is 10.6 Å². The van der Waals surface area contributed by atoms with E-state index >= 15 is 0 Å². The summed E-state index contributed by atoms with van der Waals surface area (Å²) < 4.78 is 0. The summed E-state index contributed by atoms with van der Waals surface area (Å²) in [6, 6.07) is 17.8. The minimum absolute atomic E-state index is 0.337. The number of para-hydroxylation sites is 1. The van der Waals surface area contributed by atoms with Crippen LogP contribution in [0.3, 0.4) is 0 Å². The summed E-state index contributed by atoms with van der Waals surface area (Å²) in [6.07, 6.45) is 0.864. The molecule has 19 heavy (non-hydrogen) atoms. The number of thiocarbonyl (C=S) groups is 1. The molecular formula is C15H15ClN2S. The molecule has 0 unspecified atom stereocenters. The van der Waals surface area contributed by atoms with Crippen molar-refractivity contribution < 1.29 is 0 Å². The highest BCUT2D eigenvalue weighted by Crippen LogP contribution is 2.25. The van der Waals surface area contributed by atoms with Gasteiger partial charge in [-0.05, 0) is 36.3 Å². The van der Waals surface area contributed by atoms with Gasteiger partial charge in [-0.25, -0.2) is 0 Å². The monoisotopic (exact) mass is 290 g/mol. The van der Waals surface area contributed by atoms with Crippen LogP contribution in [-0.2, 0) is 6.42 Å². The Morgan fingerprint density at radius 2 is 1.68 bits per heavy atom. The lowest BCUT2D eigenvalue weighted by molar-refractivity contribution is 0.936. The number of nitrogens with two attached hydrogens (primary N) is 1. The number of nitrogens with zero attached hydrogens (tertiary/aromatic N) is 1. The molecule has 2 nitrogen and oxygen atoms in total. The summed E-state index contributed by atoms with van der Waals surface area (Å²) in [5.74, 6) is 0. The maximum Gasteiger partial charge on any atom is 0.170 e. The van der Waals surface area contributed by atoms with Crippen molar-refractivity contribution in [1.29, 1.82) is 0 Å². The molecule has 98 valence electrons. The van der Waals surface area contributed by atoms with Crippen LogP contribution in [0.15, 0.2) is 54.6 Å². The van der Waals surface area contributed by atoms with Gasteiger partial charge in [0.05, 0.1) is 10.7 Å². The smallest absolute Gasteiger partial charge is 0.170 e. The Bertz CT molecular complexity index is 557. The van der Waals surface area contributed by atoms with Crippen LogP contribution < -0.4 is 10.6 Å². The van der Waals surface area contributed by atoms with Gasteiger partial charge in [0.25, 0.3) is 0 Å². The third-order valence-electron chi connectivity index (χ3n) is 2.88. The fourth-order valence-corrected chi connectivity index (χ4v) is 2.33. The van der Waals surface area contributed by atoms with Gasteiger partial charge in [-0.1, -0.05) is 54.1 Å². The van der Waals surface area contributed by atoms with E-state index in [2.05, 4.69) is 12.1 Å². The van der Waals surface area contributed by atoms with Crippen molar-refractivity contribution in [2.75, 3.05) is 11.4 Å². The third-order valence-corrected chi connectivity index (χ3v) is 3.42. The van der Waals surface area contributed by atoms with Crippen molar-refractivity contribution >= 4 is 34.6 Å². The zero-order valence-electron chi connectivity index (χ0n) is 10.4. The maximum absolute atomic E-state index is 6.19. The number of hydrogen-bond donors (Lipinski definition) is 1. The highest BCUT2D eigenvalue weighted by atomic mass is 35.5. The summed E-state index contributed by atoms with van der Waals surface area (Å²) in [5.41, 5.74) is 7.90. The zero-order valence-corrected chi connectivity index (χ0v) is 12.0. The fraction of sp³-hybridized carbons (Fsp3) is 0.133. The molecule has 0 spiro atoms. The van der Waals surface area contributed by atoms with Crippen LogP contribution in [0.1, 0.15) is 5.56 Å². The van der Waals surface area contributed by atoms with E-state index in [9.17, 15) is 0 Å². The number of rotatable bonds is 4. The third kappa shape index (κ3) is 3.69. The van der Waals surface area contributed by atoms with Gasteiger partial charge in [0.1, 0.15) is 0 Å². The van der Waals surface area contributed by atoms with Gasteiger partial charge in [-0.2, -0.15) is 0 Å². The van der Waals surface area contributed by atoms with Gasteiger partial charge in [0, 0.05) is 6.54 Å². The standard InChI is InChI=1S/C15H15ClN2S/c16-13-8-4-5-9-14(13)18(15(17)19)11-10-12-6-2-1-3-7-12/h1-9H,10-11H2,(H2,17,19). The number of anilines is 1. The molecule has 0 fully saturated rings. The second-order valence-corrected chi connectivity index (χ2v) is 5.00. The van der Waals surface area contributed by atoms with E-state index in [-0.39, 0.29) is 0 Å². The first-order valence-electron chi connectivity index (χ1n) is 6.04. The highest BCUT2D eigenvalue weighted by Gasteiger charge is 2.12. The van der Waals surface area contributed by atoms with Crippen LogP contribution in [0.4, 0.5) is 5.69 Å². The summed E-state index contributed by atoms with van der Waals surface area (Å²) in [6.45, 7) is 0.711. The summed E-state index contributed by atoms with van der Waals surface area (Å²) >= 11 is 11.3. The number of hydrogen-bond acceptors (Lipinski definition) is 1. The molecule has 0 heterocycles. The van der Waals surface area contributed by atoms with Crippen LogP contribution >= 0.6 is 23.8 Å². The molecule has 2 aromatic rings. The minimum Gasteiger partial charge on any atom is -0.376 e. The first-order chi connectivity index (χ1) is 9.18. The Balaban J connectivity index is 2.14. The van der Waals surface area contributed by atoms with Gasteiger partial charge in [-0.3, -0.25) is 0 Å². The Kier molecular flexibility index (Phi) is 4.77. The average molecular weight is 291 g/mol. The highest BCUT2D eigenvalue weighted by molar-refractivity contribution is 7.80. The Morgan fingerprint density at radius 1 is 1.05 bits per heavy atom. The molecular weight excluding hydrogens is 276 g/mol. The van der Waals surface area contributed by atoms with E-state index in [1.165, 1.54) is 5.56 Å². The van der Waals surface area contributed by atoms with Crippen molar-refractivity contribution in [3.8, 4) is 0 Å². The van der Waals surface area contributed by atoms with Crippen LogP contribution in [0, 0.1) is 0 Å². The van der Waals surface area contributed by atoms with Crippen LogP contribution in [0.2, 0.25) is 5.02 Å². The lowest BCUT2D eigenvalue weighted by Crippen LogP contribution is -2.37. The summed E-state index contributed by atoms with van der Waals surface area (Å²) in [5, 5.41) is 0.993. The second-order valence-electron chi connectivity index (χ2n) is 4.18. The van der Waals surface area contributed by atoms with Crippen molar-refractivity contribution in [1.82, 2.24) is 0 Å². The summed E-state index contributed by atoms with van der Waals surface area (Å²) in [4.78, 5) is 1.87. The quantitative estimate of drug-likeness (QED) is 0.872. The van der Waals surface area contributed by atoms with E-state index < -0.39 is 0 Å². The Morgan fingerprint density at radius 3 is 2.32 bits per heavy atom. The molecule has 0 bridgehead atoms. The molecule has 0 aliphatic carbocycles. The van der Waals surface area contributed by atoms with Crippen molar-refractivity contribution in [3.05, 3.63) is 65.2 Å². The maximum atomic E-state index is 6.19. The van der Waals surface area contributed by atoms with Gasteiger partial charge >= 0.3 is 0 Å². The molecule has 0 radical (unpaired) electrons. The van der Waals surface area contributed by atoms with Gasteiger partial charge in [0.15, 0.2) is 5.11 Å². The molecule has 2 aromatic carbocycles. The number of halogens is 1. The largest absolute Gasteiger partial charge is 0.376 e. The predicted octanol–water partition coefficient (Wildman–Crippen LogP) is 3.63. The topological polar surface area (TPSA) is 29.3 Å². The van der Waals surface area contributed by atoms with Gasteiger partial charge in [-0.15, -0.1) is 0 Å². The molecule has 2 N–H and O–H groups in total. The molecule has 0 aliphatic rings. The van der Waals surface area contributed by atoms with E-state index in [4.69, 9.17) is 29.6 Å². The van der Waals surface area contributed by atoms with E-state index in [0.29, 0.717) is 16.7 Å².